The van der Waals surface area contributed by atoms with Crippen molar-refractivity contribution >= 4 is 28.1 Å². The maximum Gasteiger partial charge on any atom is 0.159 e. The van der Waals surface area contributed by atoms with E-state index >= 15 is 0 Å². The molecule has 4 heteroatoms. The van der Waals surface area contributed by atoms with Crippen molar-refractivity contribution in [2.45, 2.75) is 19.0 Å². The van der Waals surface area contributed by atoms with Crippen molar-refractivity contribution in [1.82, 2.24) is 10.3 Å². The van der Waals surface area contributed by atoms with Crippen molar-refractivity contribution in [2.75, 3.05) is 0 Å². The molecule has 2 aliphatic rings. The minimum atomic E-state index is -0.227. The molecule has 56 heavy (non-hydrogen) atoms. The van der Waals surface area contributed by atoms with Gasteiger partial charge in [-0.3, -0.25) is 0 Å². The second-order valence-corrected chi connectivity index (χ2v) is 14.3. The maximum atomic E-state index is 5.28. The third kappa shape index (κ3) is 6.41. The third-order valence-electron chi connectivity index (χ3n) is 10.8. The lowest BCUT2D eigenvalue weighted by Gasteiger charge is -2.24. The average molecular weight is 719 g/mol. The fourth-order valence-corrected chi connectivity index (χ4v) is 8.00. The quantitative estimate of drug-likeness (QED) is 0.178. The molecular weight excluding hydrogens is 681 g/mol. The molecule has 1 aliphatic heterocycles. The molecule has 0 radical (unpaired) electrons. The molecule has 10 rings (SSSR count). The predicted octanol–water partition coefficient (Wildman–Crippen LogP) is 12.1. The van der Waals surface area contributed by atoms with Gasteiger partial charge in [-0.25, -0.2) is 15.0 Å². The van der Waals surface area contributed by atoms with Gasteiger partial charge in [0, 0.05) is 22.1 Å². The number of allylic oxidation sites excluding steroid dienone is 1. The molecule has 1 aliphatic carbocycles. The van der Waals surface area contributed by atoms with Crippen LogP contribution < -0.4 is 5.32 Å². The Kier molecular flexibility index (Phi) is 8.69. The first kappa shape index (κ1) is 33.4. The van der Waals surface area contributed by atoms with E-state index in [0.717, 1.165) is 63.5 Å². The highest BCUT2D eigenvalue weighted by Crippen LogP contribution is 2.41. The molecule has 1 aromatic heterocycles. The van der Waals surface area contributed by atoms with E-state index in [1.165, 1.54) is 44.3 Å². The highest BCUT2D eigenvalue weighted by atomic mass is 15.2. The van der Waals surface area contributed by atoms with Crippen LogP contribution in [-0.4, -0.2) is 16.7 Å². The number of hydrogen-bond acceptors (Lipinski definition) is 4. The summed E-state index contributed by atoms with van der Waals surface area (Å²) in [5.41, 5.74) is 16.2. The minimum absolute atomic E-state index is 0.227. The Morgan fingerprint density at radius 2 is 0.982 bits per heavy atom. The molecule has 266 valence electrons. The van der Waals surface area contributed by atoms with E-state index in [1.54, 1.807) is 0 Å². The van der Waals surface area contributed by atoms with Gasteiger partial charge in [0.2, 0.25) is 0 Å². The molecule has 1 atom stereocenters. The van der Waals surface area contributed by atoms with Gasteiger partial charge in [0.15, 0.2) is 5.84 Å². The molecule has 0 saturated carbocycles. The number of benzene rings is 7. The summed E-state index contributed by atoms with van der Waals surface area (Å²) >= 11 is 0. The molecule has 8 aromatic rings. The van der Waals surface area contributed by atoms with E-state index in [1.807, 2.05) is 36.4 Å². The number of amidine groups is 2. The van der Waals surface area contributed by atoms with E-state index in [2.05, 4.69) is 163 Å². The summed E-state index contributed by atoms with van der Waals surface area (Å²) in [6.45, 7) is 0. The summed E-state index contributed by atoms with van der Waals surface area (Å²) in [5.74, 6) is 1.54. The molecule has 0 spiro atoms. The lowest BCUT2D eigenvalue weighted by Crippen LogP contribution is -2.33. The summed E-state index contributed by atoms with van der Waals surface area (Å²) in [5, 5.41) is 4.74. The molecule has 1 unspecified atom stereocenters. The van der Waals surface area contributed by atoms with Crippen LogP contribution in [0, 0.1) is 0 Å². The third-order valence-corrected chi connectivity index (χ3v) is 10.8. The van der Waals surface area contributed by atoms with Crippen LogP contribution in [0.5, 0.6) is 0 Å². The largest absolute Gasteiger partial charge is 0.344 e. The number of fused-ring (bicyclic) bond motifs is 3. The van der Waals surface area contributed by atoms with Gasteiger partial charge < -0.3 is 5.32 Å². The van der Waals surface area contributed by atoms with Crippen molar-refractivity contribution in [2.24, 2.45) is 9.98 Å². The van der Waals surface area contributed by atoms with Crippen LogP contribution in [0.2, 0.25) is 0 Å². The molecule has 2 heterocycles. The van der Waals surface area contributed by atoms with Gasteiger partial charge >= 0.3 is 0 Å². The van der Waals surface area contributed by atoms with Gasteiger partial charge in [0.1, 0.15) is 12.0 Å². The predicted molar refractivity (Wildman–Crippen MR) is 232 cm³/mol. The van der Waals surface area contributed by atoms with Crippen molar-refractivity contribution in [1.29, 1.82) is 0 Å². The Bertz CT molecular complexity index is 2770. The normalized spacial score (nSPS) is 14.9. The summed E-state index contributed by atoms with van der Waals surface area (Å²) in [7, 11) is 0. The number of aromatic nitrogens is 1. The second kappa shape index (κ2) is 14.6. The topological polar surface area (TPSA) is 49.6 Å². The van der Waals surface area contributed by atoms with Gasteiger partial charge in [-0.1, -0.05) is 188 Å². The Labute approximate surface area is 327 Å². The van der Waals surface area contributed by atoms with Crippen LogP contribution >= 0.6 is 0 Å². The van der Waals surface area contributed by atoms with E-state index in [9.17, 15) is 0 Å². The molecular formula is C52H38N4. The SMILES string of the molecule is C1=C(c2ccc(-c3ccc(C4=NC(c5ccccc5)NC(c5ccccc5)=N4)cc3)cc2)c2c(c(-c3ccc(-c4ccccc4)cc3)nc3ccccc23)CC1. The number of nitrogens with zero attached hydrogens (tertiary/aromatic N) is 3. The van der Waals surface area contributed by atoms with Crippen molar-refractivity contribution in [3.8, 4) is 33.5 Å². The van der Waals surface area contributed by atoms with Gasteiger partial charge in [-0.2, -0.15) is 0 Å². The molecule has 1 N–H and O–H groups in total. The molecule has 0 fully saturated rings. The van der Waals surface area contributed by atoms with Crippen LogP contribution in [0.4, 0.5) is 0 Å². The highest BCUT2D eigenvalue weighted by molar-refractivity contribution is 6.13. The average Bonchev–Trinajstić information content (AvgIpc) is 3.29. The van der Waals surface area contributed by atoms with Crippen LogP contribution in [0.1, 0.15) is 46.0 Å². The zero-order chi connectivity index (χ0) is 37.3. The number of hydrogen-bond donors (Lipinski definition) is 1. The summed E-state index contributed by atoms with van der Waals surface area (Å²) in [4.78, 5) is 15.3. The Morgan fingerprint density at radius 1 is 0.464 bits per heavy atom. The monoisotopic (exact) mass is 718 g/mol. The minimum Gasteiger partial charge on any atom is -0.344 e. The smallest absolute Gasteiger partial charge is 0.159 e. The molecule has 7 aromatic carbocycles. The Morgan fingerprint density at radius 3 is 1.64 bits per heavy atom. The van der Waals surface area contributed by atoms with Crippen LogP contribution in [0.25, 0.3) is 50.0 Å². The number of nitrogens with one attached hydrogen (secondary N) is 1. The molecule has 0 amide bonds. The van der Waals surface area contributed by atoms with Crippen molar-refractivity contribution in [3.63, 3.8) is 0 Å². The van der Waals surface area contributed by atoms with E-state index in [0.29, 0.717) is 0 Å². The zero-order valence-electron chi connectivity index (χ0n) is 30.8. The first-order valence-corrected chi connectivity index (χ1v) is 19.3. The summed E-state index contributed by atoms with van der Waals surface area (Å²) in [6.07, 6.45) is 4.11. The van der Waals surface area contributed by atoms with Gasteiger partial charge in [0.05, 0.1) is 11.2 Å². The summed E-state index contributed by atoms with van der Waals surface area (Å²) in [6, 6.07) is 66.2. The van der Waals surface area contributed by atoms with E-state index < -0.39 is 0 Å². The number of rotatable bonds is 7. The molecule has 0 bridgehead atoms. The zero-order valence-corrected chi connectivity index (χ0v) is 30.8. The molecule has 4 nitrogen and oxygen atoms in total. The summed E-state index contributed by atoms with van der Waals surface area (Å²) < 4.78 is 0. The number of pyridine rings is 1. The van der Waals surface area contributed by atoms with Crippen molar-refractivity contribution < 1.29 is 0 Å². The fourth-order valence-electron chi connectivity index (χ4n) is 8.00. The number of aliphatic imine (C=N–C) groups is 2. The van der Waals surface area contributed by atoms with Gasteiger partial charge in [-0.05, 0) is 69.0 Å². The van der Waals surface area contributed by atoms with Crippen molar-refractivity contribution in [3.05, 3.63) is 228 Å². The van der Waals surface area contributed by atoms with Crippen LogP contribution in [0.3, 0.4) is 0 Å². The van der Waals surface area contributed by atoms with Crippen LogP contribution in [-0.2, 0) is 6.42 Å². The second-order valence-electron chi connectivity index (χ2n) is 14.3. The maximum absolute atomic E-state index is 5.28. The highest BCUT2D eigenvalue weighted by Gasteiger charge is 2.24. The number of para-hydroxylation sites is 1. The van der Waals surface area contributed by atoms with Gasteiger partial charge in [-0.15, -0.1) is 0 Å². The molecule has 0 saturated heterocycles. The first-order chi connectivity index (χ1) is 27.7. The van der Waals surface area contributed by atoms with Gasteiger partial charge in [0.25, 0.3) is 0 Å². The lowest BCUT2D eigenvalue weighted by molar-refractivity contribution is 0.674. The van der Waals surface area contributed by atoms with Crippen LogP contribution in [0.15, 0.2) is 204 Å². The standard InChI is InChI=1S/C52H38N4/c1-4-13-35(14-5-1)36-25-31-40(32-26-36)49-46-21-12-20-44(48(46)45-19-10-11-22-47(45)53-49)39-29-23-37(24-30-39)38-27-33-43(34-28-38)52-55-50(41-15-6-2-7-16-41)54-51(56-52)42-17-8-3-9-18-42/h1-11,13-20,22-34,50H,12,21H2,(H,54,55,56). The first-order valence-electron chi connectivity index (χ1n) is 19.3. The Hall–Kier alpha value is -7.17. The lowest BCUT2D eigenvalue weighted by atomic mass is 9.82. The van der Waals surface area contributed by atoms with E-state index in [-0.39, 0.29) is 6.17 Å². The fraction of sp³-hybridized carbons (Fsp3) is 0.0577. The Balaban J connectivity index is 0.957. The van der Waals surface area contributed by atoms with E-state index in [4.69, 9.17) is 15.0 Å².